The van der Waals surface area contributed by atoms with Crippen molar-refractivity contribution in [2.45, 2.75) is 77.5 Å². The predicted molar refractivity (Wildman–Crippen MR) is 130 cm³/mol. The highest BCUT2D eigenvalue weighted by Gasteiger charge is 2.31. The molecule has 2 amide bonds. The van der Waals surface area contributed by atoms with E-state index in [-0.39, 0.29) is 48.6 Å². The van der Waals surface area contributed by atoms with E-state index in [1.54, 1.807) is 23.9 Å². The summed E-state index contributed by atoms with van der Waals surface area (Å²) < 4.78 is 5.48. The predicted octanol–water partition coefficient (Wildman–Crippen LogP) is 2.82. The number of guanidine groups is 1. The number of carbonyl (C=O) groups excluding carboxylic acids is 2. The van der Waals surface area contributed by atoms with Crippen LogP contribution in [0.25, 0.3) is 0 Å². The Labute approximate surface area is 198 Å². The van der Waals surface area contributed by atoms with Gasteiger partial charge >= 0.3 is 6.09 Å². The molecule has 0 bridgehead atoms. The number of nitrogens with zero attached hydrogens (tertiary/aromatic N) is 3. The molecule has 3 atom stereocenters. The van der Waals surface area contributed by atoms with E-state index in [9.17, 15) is 9.59 Å². The molecule has 1 saturated carbocycles. The lowest BCUT2D eigenvalue weighted by molar-refractivity contribution is -0.127. The molecule has 0 aromatic heterocycles. The van der Waals surface area contributed by atoms with Crippen LogP contribution < -0.4 is 10.6 Å². The molecular formula is C21H40IN5O3. The number of carbonyl (C=O) groups is 2. The lowest BCUT2D eigenvalue weighted by Crippen LogP contribution is -2.51. The van der Waals surface area contributed by atoms with Crippen LogP contribution in [0.15, 0.2) is 4.99 Å². The van der Waals surface area contributed by atoms with E-state index < -0.39 is 5.60 Å². The fraction of sp³-hybridized carbons (Fsp3) is 0.857. The number of ether oxygens (including phenoxy) is 1. The maximum Gasteiger partial charge on any atom is 0.410 e. The lowest BCUT2D eigenvalue weighted by Gasteiger charge is -2.31. The van der Waals surface area contributed by atoms with Crippen molar-refractivity contribution >= 4 is 41.9 Å². The molecule has 2 rings (SSSR count). The number of hydrogen-bond acceptors (Lipinski definition) is 4. The Kier molecular flexibility index (Phi) is 10.7. The minimum Gasteiger partial charge on any atom is -0.444 e. The molecule has 2 fully saturated rings. The molecule has 1 aliphatic carbocycles. The molecular weight excluding hydrogens is 497 g/mol. The summed E-state index contributed by atoms with van der Waals surface area (Å²) in [6.07, 6.45) is 5.34. The second-order valence-electron chi connectivity index (χ2n) is 9.52. The van der Waals surface area contributed by atoms with Gasteiger partial charge in [0, 0.05) is 39.3 Å². The van der Waals surface area contributed by atoms with Crippen LogP contribution >= 0.6 is 24.0 Å². The first kappa shape index (κ1) is 26.8. The Morgan fingerprint density at radius 1 is 1.13 bits per heavy atom. The van der Waals surface area contributed by atoms with Crippen molar-refractivity contribution in [3.05, 3.63) is 0 Å². The van der Waals surface area contributed by atoms with E-state index in [1.807, 2.05) is 20.8 Å². The minimum absolute atomic E-state index is 0. The molecule has 9 heteroatoms. The van der Waals surface area contributed by atoms with Gasteiger partial charge in [-0.05, 0) is 46.0 Å². The van der Waals surface area contributed by atoms with Crippen LogP contribution in [0.3, 0.4) is 0 Å². The van der Waals surface area contributed by atoms with Crippen molar-refractivity contribution in [1.29, 1.82) is 0 Å². The quantitative estimate of drug-likeness (QED) is 0.327. The van der Waals surface area contributed by atoms with E-state index in [2.05, 4.69) is 22.5 Å². The zero-order valence-electron chi connectivity index (χ0n) is 19.4. The van der Waals surface area contributed by atoms with Crippen molar-refractivity contribution in [1.82, 2.24) is 20.4 Å². The number of nitrogens with one attached hydrogen (secondary N) is 2. The van der Waals surface area contributed by atoms with Crippen LogP contribution in [0.5, 0.6) is 0 Å². The molecule has 1 aliphatic heterocycles. The normalized spacial score (nSPS) is 24.7. The van der Waals surface area contributed by atoms with Gasteiger partial charge < -0.3 is 25.2 Å². The standard InChI is InChI=1S/C21H39N5O3.HI/c1-15-9-7-8-10-17(15)24-19(22-13-18(27)25(5)6)23-16-11-12-26(14-16)20(28)29-21(2,3)4;/h15-17H,7-14H2,1-6H3,(H2,22,23,24);1H. The van der Waals surface area contributed by atoms with E-state index >= 15 is 0 Å². The summed E-state index contributed by atoms with van der Waals surface area (Å²) in [5.41, 5.74) is -0.500. The summed E-state index contributed by atoms with van der Waals surface area (Å²) in [4.78, 5) is 32.1. The summed E-state index contributed by atoms with van der Waals surface area (Å²) in [6.45, 7) is 9.20. The summed E-state index contributed by atoms with van der Waals surface area (Å²) in [7, 11) is 3.47. The zero-order chi connectivity index (χ0) is 21.6. The zero-order valence-corrected chi connectivity index (χ0v) is 21.7. The Bertz CT molecular complexity index is 606. The van der Waals surface area contributed by atoms with Gasteiger partial charge in [0.1, 0.15) is 12.1 Å². The first-order valence-electron chi connectivity index (χ1n) is 10.8. The fourth-order valence-corrected chi connectivity index (χ4v) is 3.69. The van der Waals surface area contributed by atoms with Gasteiger partial charge in [0.05, 0.1) is 0 Å². The van der Waals surface area contributed by atoms with Gasteiger partial charge in [-0.1, -0.05) is 19.8 Å². The first-order chi connectivity index (χ1) is 13.5. The van der Waals surface area contributed by atoms with Gasteiger partial charge in [0.2, 0.25) is 5.91 Å². The highest BCUT2D eigenvalue weighted by Crippen LogP contribution is 2.23. The van der Waals surface area contributed by atoms with Crippen LogP contribution in [-0.2, 0) is 9.53 Å². The Hall–Kier alpha value is -1.26. The SMILES string of the molecule is CC1CCCCC1NC(=NCC(=O)N(C)C)NC1CCN(C(=O)OC(C)(C)C)C1.I. The molecule has 3 unspecified atom stereocenters. The molecule has 0 aromatic carbocycles. The Balaban J connectivity index is 0.00000450. The number of rotatable bonds is 4. The maximum absolute atomic E-state index is 12.3. The van der Waals surface area contributed by atoms with Gasteiger partial charge in [-0.25, -0.2) is 9.79 Å². The van der Waals surface area contributed by atoms with Crippen molar-refractivity contribution < 1.29 is 14.3 Å². The van der Waals surface area contributed by atoms with Crippen LogP contribution in [0.1, 0.15) is 59.8 Å². The molecule has 0 aromatic rings. The third-order valence-corrected chi connectivity index (χ3v) is 5.49. The average molecular weight is 537 g/mol. The second kappa shape index (κ2) is 12.0. The molecule has 174 valence electrons. The lowest BCUT2D eigenvalue weighted by atomic mass is 9.86. The van der Waals surface area contributed by atoms with Gasteiger partial charge in [-0.2, -0.15) is 0 Å². The third-order valence-electron chi connectivity index (χ3n) is 5.49. The maximum atomic E-state index is 12.3. The highest BCUT2D eigenvalue weighted by molar-refractivity contribution is 14.0. The molecule has 8 nitrogen and oxygen atoms in total. The number of likely N-dealkylation sites (N-methyl/N-ethyl adjacent to an activating group) is 1. The van der Waals surface area contributed by atoms with Crippen molar-refractivity contribution in [3.8, 4) is 0 Å². The van der Waals surface area contributed by atoms with Crippen molar-refractivity contribution in [3.63, 3.8) is 0 Å². The fourth-order valence-electron chi connectivity index (χ4n) is 3.69. The van der Waals surface area contributed by atoms with Crippen LogP contribution in [0.4, 0.5) is 4.79 Å². The monoisotopic (exact) mass is 537 g/mol. The molecule has 2 aliphatic rings. The Morgan fingerprint density at radius 2 is 1.80 bits per heavy atom. The molecule has 2 N–H and O–H groups in total. The summed E-state index contributed by atoms with van der Waals surface area (Å²) in [5, 5.41) is 6.99. The van der Waals surface area contributed by atoms with Gasteiger partial charge in [0.15, 0.2) is 5.96 Å². The molecule has 1 heterocycles. The molecule has 0 radical (unpaired) electrons. The molecule has 0 spiro atoms. The van der Waals surface area contributed by atoms with Gasteiger partial charge in [0.25, 0.3) is 0 Å². The summed E-state index contributed by atoms with van der Waals surface area (Å²) >= 11 is 0. The number of hydrogen-bond donors (Lipinski definition) is 2. The number of aliphatic imine (C=N–C) groups is 1. The van der Waals surface area contributed by atoms with E-state index in [4.69, 9.17) is 4.74 Å². The Morgan fingerprint density at radius 3 is 2.40 bits per heavy atom. The van der Waals surface area contributed by atoms with E-state index in [0.717, 1.165) is 12.8 Å². The summed E-state index contributed by atoms with van der Waals surface area (Å²) in [6, 6.07) is 0.440. The van der Waals surface area contributed by atoms with Gasteiger partial charge in [-0.15, -0.1) is 24.0 Å². The van der Waals surface area contributed by atoms with Crippen LogP contribution in [0, 0.1) is 5.92 Å². The minimum atomic E-state index is -0.500. The van der Waals surface area contributed by atoms with Crippen LogP contribution in [0.2, 0.25) is 0 Å². The summed E-state index contributed by atoms with van der Waals surface area (Å²) in [5.74, 6) is 1.20. The second-order valence-corrected chi connectivity index (χ2v) is 9.52. The first-order valence-corrected chi connectivity index (χ1v) is 10.8. The van der Waals surface area contributed by atoms with Crippen LogP contribution in [-0.4, -0.2) is 79.2 Å². The average Bonchev–Trinajstić information content (AvgIpc) is 3.08. The van der Waals surface area contributed by atoms with Crippen molar-refractivity contribution in [2.75, 3.05) is 33.7 Å². The largest absolute Gasteiger partial charge is 0.444 e. The number of halogens is 1. The number of amides is 2. The topological polar surface area (TPSA) is 86.3 Å². The third kappa shape index (κ3) is 8.85. The highest BCUT2D eigenvalue weighted by atomic mass is 127. The van der Waals surface area contributed by atoms with E-state index in [0.29, 0.717) is 31.0 Å². The van der Waals surface area contributed by atoms with Gasteiger partial charge in [-0.3, -0.25) is 4.79 Å². The van der Waals surface area contributed by atoms with Crippen molar-refractivity contribution in [2.24, 2.45) is 10.9 Å². The molecule has 30 heavy (non-hydrogen) atoms. The molecule has 1 saturated heterocycles. The smallest absolute Gasteiger partial charge is 0.410 e. The number of likely N-dealkylation sites (tertiary alicyclic amines) is 1. The van der Waals surface area contributed by atoms with E-state index in [1.165, 1.54) is 19.3 Å².